The number of hydrogen-bond donors (Lipinski definition) is 1. The molecule has 1 N–H and O–H groups in total. The molecule has 0 aliphatic heterocycles. The summed E-state index contributed by atoms with van der Waals surface area (Å²) in [5.74, 6) is 0.228. The molecule has 0 atom stereocenters. The highest BCUT2D eigenvalue weighted by molar-refractivity contribution is 5.45. The highest BCUT2D eigenvalue weighted by atomic mass is 16.6. The molecule has 0 radical (unpaired) electrons. The predicted molar refractivity (Wildman–Crippen MR) is 68.9 cm³/mol. The van der Waals surface area contributed by atoms with Crippen LogP contribution in [-0.4, -0.2) is 29.1 Å². The Morgan fingerprint density at radius 2 is 2.32 bits per heavy atom. The molecule has 102 valence electrons. The molecule has 0 saturated carbocycles. The lowest BCUT2D eigenvalue weighted by atomic mass is 10.3. The van der Waals surface area contributed by atoms with Crippen LogP contribution in [-0.2, 0) is 0 Å². The van der Waals surface area contributed by atoms with Crippen molar-refractivity contribution in [3.05, 3.63) is 27.9 Å². The van der Waals surface area contributed by atoms with E-state index in [1.165, 1.54) is 12.1 Å². The summed E-state index contributed by atoms with van der Waals surface area (Å²) in [4.78, 5) is 13.8. The second kappa shape index (κ2) is 7.28. The third kappa shape index (κ3) is 4.89. The van der Waals surface area contributed by atoms with E-state index in [4.69, 9.17) is 10.00 Å². The first-order valence-electron chi connectivity index (χ1n) is 5.96. The molecule has 0 bridgehead atoms. The molecular formula is C12H16N4O3. The summed E-state index contributed by atoms with van der Waals surface area (Å²) >= 11 is 0. The zero-order valence-corrected chi connectivity index (χ0v) is 10.9. The van der Waals surface area contributed by atoms with Crippen molar-refractivity contribution in [1.82, 2.24) is 10.3 Å². The van der Waals surface area contributed by atoms with Crippen LogP contribution in [0.1, 0.15) is 26.0 Å². The maximum Gasteiger partial charge on any atom is 0.305 e. The minimum Gasteiger partial charge on any atom is -0.478 e. The van der Waals surface area contributed by atoms with Gasteiger partial charge in [-0.15, -0.1) is 0 Å². The second-order valence-electron chi connectivity index (χ2n) is 4.20. The van der Waals surface area contributed by atoms with Crippen molar-refractivity contribution in [2.24, 2.45) is 0 Å². The van der Waals surface area contributed by atoms with Crippen LogP contribution in [0.15, 0.2) is 12.1 Å². The van der Waals surface area contributed by atoms with Gasteiger partial charge in [0.05, 0.1) is 11.5 Å². The molecule has 0 aliphatic carbocycles. The molecule has 19 heavy (non-hydrogen) atoms. The normalized spacial score (nSPS) is 10.2. The van der Waals surface area contributed by atoms with Crippen LogP contribution in [0.4, 0.5) is 5.69 Å². The van der Waals surface area contributed by atoms with Crippen molar-refractivity contribution in [2.45, 2.75) is 26.3 Å². The van der Waals surface area contributed by atoms with Crippen LogP contribution < -0.4 is 10.1 Å². The van der Waals surface area contributed by atoms with Crippen LogP contribution in [0.5, 0.6) is 5.88 Å². The average molecular weight is 264 g/mol. The quantitative estimate of drug-likeness (QED) is 0.456. The number of nitro groups is 1. The number of ether oxygens (including phenoxy) is 1. The number of nitrogens with one attached hydrogen (secondary N) is 1. The van der Waals surface area contributed by atoms with Crippen LogP contribution in [0, 0.1) is 21.4 Å². The van der Waals surface area contributed by atoms with Gasteiger partial charge in [-0.05, 0) is 13.0 Å². The van der Waals surface area contributed by atoms with Crippen molar-refractivity contribution in [1.29, 1.82) is 5.26 Å². The number of rotatable bonds is 7. The standard InChI is InChI=1S/C12H16N4O3/c1-9(2)14-6-3-7-19-12-5-4-11(16(17)18)10(8-13)15-12/h4-5,9,14H,3,6-7H2,1-2H3. The molecular weight excluding hydrogens is 248 g/mol. The van der Waals surface area contributed by atoms with E-state index in [1.54, 1.807) is 6.07 Å². The first-order valence-corrected chi connectivity index (χ1v) is 5.96. The lowest BCUT2D eigenvalue weighted by Gasteiger charge is -2.08. The first-order chi connectivity index (χ1) is 9.04. The first kappa shape index (κ1) is 14.9. The summed E-state index contributed by atoms with van der Waals surface area (Å²) in [5, 5.41) is 22.6. The molecule has 0 spiro atoms. The Morgan fingerprint density at radius 3 is 2.89 bits per heavy atom. The van der Waals surface area contributed by atoms with E-state index in [9.17, 15) is 10.1 Å². The van der Waals surface area contributed by atoms with Crippen LogP contribution in [0.25, 0.3) is 0 Å². The summed E-state index contributed by atoms with van der Waals surface area (Å²) in [7, 11) is 0. The Morgan fingerprint density at radius 1 is 1.58 bits per heavy atom. The Hall–Kier alpha value is -2.20. The van der Waals surface area contributed by atoms with Crippen molar-refractivity contribution in [3.63, 3.8) is 0 Å². The van der Waals surface area contributed by atoms with Gasteiger partial charge in [0.2, 0.25) is 11.6 Å². The molecule has 1 heterocycles. The largest absolute Gasteiger partial charge is 0.478 e. The Bertz CT molecular complexity index is 482. The van der Waals surface area contributed by atoms with Gasteiger partial charge in [-0.3, -0.25) is 10.1 Å². The van der Waals surface area contributed by atoms with E-state index in [0.29, 0.717) is 12.6 Å². The number of pyridine rings is 1. The molecule has 0 aliphatic rings. The number of aromatic nitrogens is 1. The molecule has 7 heteroatoms. The Kier molecular flexibility index (Phi) is 5.70. The summed E-state index contributed by atoms with van der Waals surface area (Å²) in [6.07, 6.45) is 0.790. The van der Waals surface area contributed by atoms with E-state index in [1.807, 2.05) is 0 Å². The molecule has 0 saturated heterocycles. The number of hydrogen-bond acceptors (Lipinski definition) is 6. The monoisotopic (exact) mass is 264 g/mol. The molecule has 0 amide bonds. The predicted octanol–water partition coefficient (Wildman–Crippen LogP) is 1.63. The number of nitrogens with zero attached hydrogens (tertiary/aromatic N) is 3. The summed E-state index contributed by atoms with van der Waals surface area (Å²) in [5.41, 5.74) is -0.542. The SMILES string of the molecule is CC(C)NCCCOc1ccc([N+](=O)[O-])c(C#N)n1. The van der Waals surface area contributed by atoms with Gasteiger partial charge in [-0.2, -0.15) is 10.2 Å². The van der Waals surface area contributed by atoms with Gasteiger partial charge < -0.3 is 10.1 Å². The lowest BCUT2D eigenvalue weighted by Crippen LogP contribution is -2.24. The fourth-order valence-electron chi connectivity index (χ4n) is 1.38. The zero-order valence-electron chi connectivity index (χ0n) is 10.9. The van der Waals surface area contributed by atoms with Gasteiger partial charge in [0.15, 0.2) is 0 Å². The summed E-state index contributed by atoms with van der Waals surface area (Å²) < 4.78 is 5.34. The van der Waals surface area contributed by atoms with E-state index in [0.717, 1.165) is 13.0 Å². The lowest BCUT2D eigenvalue weighted by molar-refractivity contribution is -0.385. The molecule has 0 unspecified atom stereocenters. The second-order valence-corrected chi connectivity index (χ2v) is 4.20. The van der Waals surface area contributed by atoms with Gasteiger partial charge in [-0.1, -0.05) is 13.8 Å². The van der Waals surface area contributed by atoms with E-state index in [-0.39, 0.29) is 17.3 Å². The van der Waals surface area contributed by atoms with Gasteiger partial charge in [0.25, 0.3) is 0 Å². The fraction of sp³-hybridized carbons (Fsp3) is 0.500. The molecule has 0 fully saturated rings. The maximum atomic E-state index is 10.6. The molecule has 1 rings (SSSR count). The van der Waals surface area contributed by atoms with Crippen LogP contribution in [0.2, 0.25) is 0 Å². The summed E-state index contributed by atoms with van der Waals surface area (Å²) in [6, 6.07) is 4.73. The minimum atomic E-state index is -0.637. The Labute approximate surface area is 111 Å². The molecule has 1 aromatic rings. The van der Waals surface area contributed by atoms with E-state index >= 15 is 0 Å². The molecule has 0 aromatic carbocycles. The van der Waals surface area contributed by atoms with Crippen LogP contribution >= 0.6 is 0 Å². The van der Waals surface area contributed by atoms with Gasteiger partial charge in [-0.25, -0.2) is 0 Å². The highest BCUT2D eigenvalue weighted by Crippen LogP contribution is 2.19. The smallest absolute Gasteiger partial charge is 0.305 e. The van der Waals surface area contributed by atoms with Crippen molar-refractivity contribution >= 4 is 5.69 Å². The third-order valence-corrected chi connectivity index (χ3v) is 2.27. The average Bonchev–Trinajstić information content (AvgIpc) is 2.37. The fourth-order valence-corrected chi connectivity index (χ4v) is 1.38. The van der Waals surface area contributed by atoms with E-state index in [2.05, 4.69) is 24.1 Å². The highest BCUT2D eigenvalue weighted by Gasteiger charge is 2.15. The van der Waals surface area contributed by atoms with Gasteiger partial charge >= 0.3 is 5.69 Å². The molecule has 1 aromatic heterocycles. The van der Waals surface area contributed by atoms with E-state index < -0.39 is 4.92 Å². The van der Waals surface area contributed by atoms with Crippen molar-refractivity contribution < 1.29 is 9.66 Å². The van der Waals surface area contributed by atoms with Gasteiger partial charge in [0, 0.05) is 18.2 Å². The summed E-state index contributed by atoms with van der Waals surface area (Å²) in [6.45, 7) is 5.36. The zero-order chi connectivity index (χ0) is 14.3. The van der Waals surface area contributed by atoms with Crippen LogP contribution in [0.3, 0.4) is 0 Å². The topological polar surface area (TPSA) is 101 Å². The minimum absolute atomic E-state index is 0.228. The number of nitriles is 1. The molecule has 7 nitrogen and oxygen atoms in total. The van der Waals surface area contributed by atoms with Crippen molar-refractivity contribution in [3.8, 4) is 11.9 Å². The maximum absolute atomic E-state index is 10.6. The van der Waals surface area contributed by atoms with Crippen molar-refractivity contribution in [2.75, 3.05) is 13.2 Å². The Balaban J connectivity index is 2.52. The third-order valence-electron chi connectivity index (χ3n) is 2.27. The van der Waals surface area contributed by atoms with Gasteiger partial charge in [0.1, 0.15) is 6.07 Å².